The van der Waals surface area contributed by atoms with Crippen molar-refractivity contribution < 1.29 is 22.4 Å². The number of nitrogens with two attached hydrogens (primary N) is 1. The molecule has 1 unspecified atom stereocenters. The summed E-state index contributed by atoms with van der Waals surface area (Å²) in [6.07, 6.45) is 0.461. The Balaban J connectivity index is 1.39. The van der Waals surface area contributed by atoms with Gasteiger partial charge in [0.05, 0.1) is 17.5 Å². The third-order valence-corrected chi connectivity index (χ3v) is 7.97. The molecule has 0 saturated carbocycles. The van der Waals surface area contributed by atoms with Gasteiger partial charge in [0.15, 0.2) is 0 Å². The van der Waals surface area contributed by atoms with E-state index in [1.54, 1.807) is 9.80 Å². The number of sulfonamides is 1. The first kappa shape index (κ1) is 22.4. The molecule has 4 rings (SSSR count). The predicted molar refractivity (Wildman–Crippen MR) is 115 cm³/mol. The molecule has 170 valence electrons. The number of carbonyl (C=O) groups is 2. The summed E-state index contributed by atoms with van der Waals surface area (Å²) in [6.45, 7) is 1.26. The number of benzene rings is 2. The number of hydrogen-bond acceptors (Lipinski definition) is 5. The lowest BCUT2D eigenvalue weighted by molar-refractivity contribution is -0.136. The van der Waals surface area contributed by atoms with Gasteiger partial charge in [-0.3, -0.25) is 14.5 Å². The average molecular weight is 461 g/mol. The first-order chi connectivity index (χ1) is 15.3. The van der Waals surface area contributed by atoms with Crippen molar-refractivity contribution in [2.75, 3.05) is 32.7 Å². The maximum absolute atomic E-state index is 13.1. The highest BCUT2D eigenvalue weighted by Crippen LogP contribution is 2.24. The fourth-order valence-electron chi connectivity index (χ4n) is 4.23. The predicted octanol–water partition coefficient (Wildman–Crippen LogP) is 0.571. The average Bonchev–Trinajstić information content (AvgIpc) is 2.79. The van der Waals surface area contributed by atoms with Gasteiger partial charge in [0.1, 0.15) is 5.82 Å². The Bertz CT molecular complexity index is 1120. The Hall–Kier alpha value is -2.82. The molecule has 0 spiro atoms. The molecule has 2 amide bonds. The zero-order valence-electron chi connectivity index (χ0n) is 17.5. The number of carbonyl (C=O) groups excluding carboxylic acids is 2. The summed E-state index contributed by atoms with van der Waals surface area (Å²) in [5.74, 6) is -1.15. The first-order valence-electron chi connectivity index (χ1n) is 10.4. The van der Waals surface area contributed by atoms with Crippen LogP contribution in [0, 0.1) is 5.82 Å². The van der Waals surface area contributed by atoms with Crippen LogP contribution in [0.2, 0.25) is 0 Å². The molecule has 1 saturated heterocycles. The van der Waals surface area contributed by atoms with Crippen LogP contribution >= 0.6 is 0 Å². The van der Waals surface area contributed by atoms with Gasteiger partial charge in [-0.1, -0.05) is 24.3 Å². The topological polar surface area (TPSA) is 104 Å². The quantitative estimate of drug-likeness (QED) is 0.703. The van der Waals surface area contributed by atoms with Gasteiger partial charge in [0.2, 0.25) is 21.8 Å². The van der Waals surface area contributed by atoms with Crippen LogP contribution in [-0.4, -0.2) is 73.1 Å². The Morgan fingerprint density at radius 3 is 2.22 bits per heavy atom. The molecule has 2 aliphatic heterocycles. The zero-order valence-corrected chi connectivity index (χ0v) is 18.3. The minimum Gasteiger partial charge on any atom is -0.368 e. The summed E-state index contributed by atoms with van der Waals surface area (Å²) >= 11 is 0. The standard InChI is InChI=1S/C22H25FN4O4S/c23-18-5-7-19(8-6-18)32(30,31)27-11-9-25(10-12-27)21(28)15-26-14-17-4-2-1-3-16(17)13-20(26)22(24)29/h1-8,20H,9-15H2,(H2,24,29). The first-order valence-corrected chi connectivity index (χ1v) is 11.8. The minimum absolute atomic E-state index is 0.0231. The van der Waals surface area contributed by atoms with Gasteiger partial charge in [-0.2, -0.15) is 4.31 Å². The van der Waals surface area contributed by atoms with E-state index in [-0.39, 0.29) is 43.5 Å². The lowest BCUT2D eigenvalue weighted by Crippen LogP contribution is -2.55. The molecule has 32 heavy (non-hydrogen) atoms. The lowest BCUT2D eigenvalue weighted by Gasteiger charge is -2.38. The Morgan fingerprint density at radius 2 is 1.59 bits per heavy atom. The number of hydrogen-bond donors (Lipinski definition) is 1. The number of halogens is 1. The molecule has 2 aromatic rings. The van der Waals surface area contributed by atoms with Crippen molar-refractivity contribution in [3.05, 3.63) is 65.5 Å². The van der Waals surface area contributed by atoms with Gasteiger partial charge in [0, 0.05) is 32.7 Å². The molecule has 8 nitrogen and oxygen atoms in total. The van der Waals surface area contributed by atoms with Gasteiger partial charge < -0.3 is 10.6 Å². The fourth-order valence-corrected chi connectivity index (χ4v) is 5.65. The van der Waals surface area contributed by atoms with Crippen molar-refractivity contribution in [2.45, 2.75) is 23.9 Å². The van der Waals surface area contributed by atoms with Crippen LogP contribution in [0.1, 0.15) is 11.1 Å². The van der Waals surface area contributed by atoms with Crippen LogP contribution in [0.15, 0.2) is 53.4 Å². The van der Waals surface area contributed by atoms with Gasteiger partial charge in [0.25, 0.3) is 0 Å². The van der Waals surface area contributed by atoms with Gasteiger partial charge in [-0.25, -0.2) is 12.8 Å². The maximum Gasteiger partial charge on any atom is 0.243 e. The van der Waals surface area contributed by atoms with Crippen molar-refractivity contribution in [3.8, 4) is 0 Å². The van der Waals surface area contributed by atoms with Crippen molar-refractivity contribution in [3.63, 3.8) is 0 Å². The number of fused-ring (bicyclic) bond motifs is 1. The molecular weight excluding hydrogens is 435 g/mol. The number of primary amides is 1. The van der Waals surface area contributed by atoms with Crippen LogP contribution in [0.3, 0.4) is 0 Å². The van der Waals surface area contributed by atoms with E-state index >= 15 is 0 Å². The number of amides is 2. The second-order valence-electron chi connectivity index (χ2n) is 8.03. The van der Waals surface area contributed by atoms with Crippen molar-refractivity contribution in [1.82, 2.24) is 14.1 Å². The minimum atomic E-state index is -3.75. The normalized spacial score (nSPS) is 20.0. The summed E-state index contributed by atoms with van der Waals surface area (Å²) in [6, 6.07) is 11.9. The van der Waals surface area contributed by atoms with E-state index in [2.05, 4.69) is 0 Å². The van der Waals surface area contributed by atoms with Crippen molar-refractivity contribution in [2.24, 2.45) is 5.73 Å². The molecule has 0 aromatic heterocycles. The van der Waals surface area contributed by atoms with E-state index in [9.17, 15) is 22.4 Å². The number of rotatable bonds is 5. The number of piperazine rings is 1. The Morgan fingerprint density at radius 1 is 0.969 bits per heavy atom. The van der Waals surface area contributed by atoms with E-state index < -0.39 is 27.8 Å². The molecule has 2 aliphatic rings. The van der Waals surface area contributed by atoms with Gasteiger partial charge in [-0.05, 0) is 41.8 Å². The van der Waals surface area contributed by atoms with Gasteiger partial charge >= 0.3 is 0 Å². The molecular formula is C22H25FN4O4S. The summed E-state index contributed by atoms with van der Waals surface area (Å²) < 4.78 is 40.0. The molecule has 1 atom stereocenters. The zero-order chi connectivity index (χ0) is 22.9. The third kappa shape index (κ3) is 4.52. The van der Waals surface area contributed by atoms with Crippen LogP contribution in [0.5, 0.6) is 0 Å². The van der Waals surface area contributed by atoms with Gasteiger partial charge in [-0.15, -0.1) is 0 Å². The van der Waals surface area contributed by atoms with Crippen LogP contribution in [0.4, 0.5) is 4.39 Å². The summed E-state index contributed by atoms with van der Waals surface area (Å²) in [7, 11) is -3.75. The SMILES string of the molecule is NC(=O)C1Cc2ccccc2CN1CC(=O)N1CCN(S(=O)(=O)c2ccc(F)cc2)CC1. The summed E-state index contributed by atoms with van der Waals surface area (Å²) in [4.78, 5) is 28.3. The van der Waals surface area contributed by atoms with Crippen LogP contribution in [0.25, 0.3) is 0 Å². The molecule has 0 bridgehead atoms. The Labute approximate surface area is 186 Å². The fraction of sp³-hybridized carbons (Fsp3) is 0.364. The summed E-state index contributed by atoms with van der Waals surface area (Å²) in [5.41, 5.74) is 7.72. The Kier molecular flexibility index (Phi) is 6.27. The van der Waals surface area contributed by atoms with E-state index in [1.807, 2.05) is 24.3 Å². The maximum atomic E-state index is 13.1. The third-order valence-electron chi connectivity index (χ3n) is 6.06. The second-order valence-corrected chi connectivity index (χ2v) is 9.97. The van der Waals surface area contributed by atoms with Crippen LogP contribution in [-0.2, 0) is 32.6 Å². The van der Waals surface area contributed by atoms with E-state index in [4.69, 9.17) is 5.73 Å². The molecule has 2 N–H and O–H groups in total. The van der Waals surface area contributed by atoms with E-state index in [0.717, 1.165) is 23.3 Å². The second kappa shape index (κ2) is 8.97. The van der Waals surface area contributed by atoms with Crippen LogP contribution < -0.4 is 5.73 Å². The smallest absolute Gasteiger partial charge is 0.243 e. The van der Waals surface area contributed by atoms with E-state index in [1.165, 1.54) is 16.4 Å². The molecule has 2 heterocycles. The lowest BCUT2D eigenvalue weighted by atomic mass is 9.93. The molecule has 0 aliphatic carbocycles. The summed E-state index contributed by atoms with van der Waals surface area (Å²) in [5, 5.41) is 0. The van der Waals surface area contributed by atoms with E-state index in [0.29, 0.717) is 13.0 Å². The molecule has 10 heteroatoms. The monoisotopic (exact) mass is 460 g/mol. The number of nitrogens with zero attached hydrogens (tertiary/aromatic N) is 3. The van der Waals surface area contributed by atoms with Crippen molar-refractivity contribution in [1.29, 1.82) is 0 Å². The highest BCUT2D eigenvalue weighted by atomic mass is 32.2. The van der Waals surface area contributed by atoms with Crippen molar-refractivity contribution >= 4 is 21.8 Å². The largest absolute Gasteiger partial charge is 0.368 e. The molecule has 1 fully saturated rings. The molecule has 2 aromatic carbocycles. The highest BCUT2D eigenvalue weighted by molar-refractivity contribution is 7.89. The highest BCUT2D eigenvalue weighted by Gasteiger charge is 2.34. The molecule has 0 radical (unpaired) electrons.